The van der Waals surface area contributed by atoms with Gasteiger partial charge in [0.2, 0.25) is 10.0 Å². The number of benzene rings is 1. The summed E-state index contributed by atoms with van der Waals surface area (Å²) in [6.07, 6.45) is 1.01. The van der Waals surface area contributed by atoms with Gasteiger partial charge in [0.05, 0.1) is 5.75 Å². The predicted octanol–water partition coefficient (Wildman–Crippen LogP) is 1.82. The van der Waals surface area contributed by atoms with Crippen LogP contribution in [0.1, 0.15) is 31.4 Å². The van der Waals surface area contributed by atoms with Crippen LogP contribution in [0.5, 0.6) is 0 Å². The molecule has 0 aliphatic carbocycles. The molecular formula is C15H27IN4O2S. The van der Waals surface area contributed by atoms with Gasteiger partial charge in [0.25, 0.3) is 0 Å². The van der Waals surface area contributed by atoms with Gasteiger partial charge in [-0.15, -0.1) is 24.0 Å². The SMILES string of the molecule is CCC(C)NC(=NC)NCc1cccc(CS(=O)(=O)NC)c1.I. The van der Waals surface area contributed by atoms with Gasteiger partial charge in [0.15, 0.2) is 5.96 Å². The first kappa shape index (κ1) is 22.1. The van der Waals surface area contributed by atoms with Crippen molar-refractivity contribution >= 4 is 40.0 Å². The van der Waals surface area contributed by atoms with Crippen LogP contribution in [0.4, 0.5) is 0 Å². The molecular weight excluding hydrogens is 427 g/mol. The molecule has 1 aromatic carbocycles. The maximum absolute atomic E-state index is 11.6. The number of nitrogens with one attached hydrogen (secondary N) is 3. The zero-order valence-electron chi connectivity index (χ0n) is 14.1. The van der Waals surface area contributed by atoms with Gasteiger partial charge in [0.1, 0.15) is 0 Å². The Balaban J connectivity index is 0.00000484. The van der Waals surface area contributed by atoms with Crippen LogP contribution in [0, 0.1) is 0 Å². The number of guanidine groups is 1. The summed E-state index contributed by atoms with van der Waals surface area (Å²) in [6.45, 7) is 4.79. The highest BCUT2D eigenvalue weighted by Gasteiger charge is 2.09. The topological polar surface area (TPSA) is 82.6 Å². The Morgan fingerprint density at radius 1 is 1.30 bits per heavy atom. The van der Waals surface area contributed by atoms with Crippen molar-refractivity contribution in [1.29, 1.82) is 0 Å². The number of hydrogen-bond acceptors (Lipinski definition) is 3. The standard InChI is InChI=1S/C15H26N4O2S.HI/c1-5-12(2)19-15(16-3)18-10-13-7-6-8-14(9-13)11-22(20,21)17-4;/h6-9,12,17H,5,10-11H2,1-4H3,(H2,16,18,19);1H. The van der Waals surface area contributed by atoms with E-state index in [1.165, 1.54) is 7.05 Å². The van der Waals surface area contributed by atoms with Crippen molar-refractivity contribution in [2.75, 3.05) is 14.1 Å². The zero-order chi connectivity index (χ0) is 16.6. The molecule has 1 atom stereocenters. The Hall–Kier alpha value is -0.870. The minimum absolute atomic E-state index is 0. The molecule has 0 radical (unpaired) electrons. The van der Waals surface area contributed by atoms with Crippen LogP contribution >= 0.6 is 24.0 Å². The third-order valence-electron chi connectivity index (χ3n) is 3.34. The Labute approximate surface area is 156 Å². The fourth-order valence-electron chi connectivity index (χ4n) is 1.84. The molecule has 0 saturated carbocycles. The van der Waals surface area contributed by atoms with Gasteiger partial charge < -0.3 is 10.6 Å². The van der Waals surface area contributed by atoms with Crippen molar-refractivity contribution < 1.29 is 8.42 Å². The van der Waals surface area contributed by atoms with Crippen LogP contribution < -0.4 is 15.4 Å². The Morgan fingerprint density at radius 3 is 2.52 bits per heavy atom. The van der Waals surface area contributed by atoms with Gasteiger partial charge in [-0.25, -0.2) is 13.1 Å². The smallest absolute Gasteiger partial charge is 0.215 e. The van der Waals surface area contributed by atoms with Crippen molar-refractivity contribution in [1.82, 2.24) is 15.4 Å². The molecule has 3 N–H and O–H groups in total. The van der Waals surface area contributed by atoms with Crippen molar-refractivity contribution in [2.24, 2.45) is 4.99 Å². The van der Waals surface area contributed by atoms with Crippen LogP contribution in [0.2, 0.25) is 0 Å². The predicted molar refractivity (Wildman–Crippen MR) is 107 cm³/mol. The normalized spacial score (nSPS) is 13.1. The minimum Gasteiger partial charge on any atom is -0.354 e. The second-order valence-corrected chi connectivity index (χ2v) is 7.09. The molecule has 1 rings (SSSR count). The molecule has 0 amide bonds. The average Bonchev–Trinajstić information content (AvgIpc) is 2.51. The van der Waals surface area contributed by atoms with E-state index in [-0.39, 0.29) is 29.7 Å². The monoisotopic (exact) mass is 454 g/mol. The van der Waals surface area contributed by atoms with Gasteiger partial charge in [-0.2, -0.15) is 0 Å². The third-order valence-corrected chi connectivity index (χ3v) is 4.67. The van der Waals surface area contributed by atoms with Gasteiger partial charge in [-0.1, -0.05) is 31.2 Å². The lowest BCUT2D eigenvalue weighted by molar-refractivity contribution is 0.587. The molecule has 8 heteroatoms. The molecule has 0 aromatic heterocycles. The molecule has 1 aromatic rings. The first-order valence-corrected chi connectivity index (χ1v) is 9.01. The highest BCUT2D eigenvalue weighted by atomic mass is 127. The lowest BCUT2D eigenvalue weighted by Crippen LogP contribution is -2.41. The lowest BCUT2D eigenvalue weighted by atomic mass is 10.1. The van der Waals surface area contributed by atoms with Crippen LogP contribution in [0.25, 0.3) is 0 Å². The Morgan fingerprint density at radius 2 is 1.96 bits per heavy atom. The second-order valence-electron chi connectivity index (χ2n) is 5.16. The molecule has 0 fully saturated rings. The van der Waals surface area contributed by atoms with Crippen molar-refractivity contribution in [3.8, 4) is 0 Å². The van der Waals surface area contributed by atoms with E-state index in [0.717, 1.165) is 23.5 Å². The largest absolute Gasteiger partial charge is 0.354 e. The number of aliphatic imine (C=N–C) groups is 1. The summed E-state index contributed by atoms with van der Waals surface area (Å²) in [7, 11) is -0.0993. The van der Waals surface area contributed by atoms with E-state index in [0.29, 0.717) is 12.6 Å². The molecule has 0 aliphatic rings. The van der Waals surface area contributed by atoms with Crippen LogP contribution in [0.15, 0.2) is 29.3 Å². The van der Waals surface area contributed by atoms with Crippen LogP contribution in [-0.4, -0.2) is 34.5 Å². The quantitative estimate of drug-likeness (QED) is 0.334. The van der Waals surface area contributed by atoms with Gasteiger partial charge in [-0.3, -0.25) is 4.99 Å². The summed E-state index contributed by atoms with van der Waals surface area (Å²) in [5, 5.41) is 6.51. The summed E-state index contributed by atoms with van der Waals surface area (Å²) in [5.74, 6) is 0.722. The summed E-state index contributed by atoms with van der Waals surface area (Å²) >= 11 is 0. The Bertz CT molecular complexity index is 605. The molecule has 0 spiro atoms. The molecule has 6 nitrogen and oxygen atoms in total. The van der Waals surface area contributed by atoms with E-state index in [2.05, 4.69) is 34.2 Å². The maximum Gasteiger partial charge on any atom is 0.215 e. The van der Waals surface area contributed by atoms with E-state index in [9.17, 15) is 8.42 Å². The average molecular weight is 454 g/mol. The molecule has 0 bridgehead atoms. The number of sulfonamides is 1. The third kappa shape index (κ3) is 8.52. The fraction of sp³-hybridized carbons (Fsp3) is 0.533. The summed E-state index contributed by atoms with van der Waals surface area (Å²) in [5.41, 5.74) is 1.77. The zero-order valence-corrected chi connectivity index (χ0v) is 17.2. The van der Waals surface area contributed by atoms with Crippen LogP contribution in [-0.2, 0) is 22.3 Å². The number of hydrogen-bond donors (Lipinski definition) is 3. The van der Waals surface area contributed by atoms with Gasteiger partial charge >= 0.3 is 0 Å². The molecule has 0 saturated heterocycles. The lowest BCUT2D eigenvalue weighted by Gasteiger charge is -2.16. The second kappa shape index (κ2) is 10.8. The van der Waals surface area contributed by atoms with Crippen LogP contribution in [0.3, 0.4) is 0 Å². The van der Waals surface area contributed by atoms with E-state index < -0.39 is 10.0 Å². The van der Waals surface area contributed by atoms with Gasteiger partial charge in [0, 0.05) is 19.6 Å². The highest BCUT2D eigenvalue weighted by molar-refractivity contribution is 14.0. The number of nitrogens with zero attached hydrogens (tertiary/aromatic N) is 1. The van der Waals surface area contributed by atoms with E-state index in [1.807, 2.05) is 24.3 Å². The first-order chi connectivity index (χ1) is 10.4. The van der Waals surface area contributed by atoms with Gasteiger partial charge in [-0.05, 0) is 31.5 Å². The number of rotatable bonds is 7. The minimum atomic E-state index is -3.25. The summed E-state index contributed by atoms with van der Waals surface area (Å²) < 4.78 is 25.5. The van der Waals surface area contributed by atoms with E-state index in [1.54, 1.807) is 7.05 Å². The fourth-order valence-corrected chi connectivity index (χ4v) is 2.60. The van der Waals surface area contributed by atoms with Crippen molar-refractivity contribution in [2.45, 2.75) is 38.6 Å². The molecule has 132 valence electrons. The summed E-state index contributed by atoms with van der Waals surface area (Å²) in [4.78, 5) is 4.17. The molecule has 23 heavy (non-hydrogen) atoms. The molecule has 0 heterocycles. The van der Waals surface area contributed by atoms with E-state index in [4.69, 9.17) is 0 Å². The highest BCUT2D eigenvalue weighted by Crippen LogP contribution is 2.08. The first-order valence-electron chi connectivity index (χ1n) is 7.36. The van der Waals surface area contributed by atoms with E-state index >= 15 is 0 Å². The summed E-state index contributed by atoms with van der Waals surface area (Å²) in [6, 6.07) is 7.86. The molecule has 0 aliphatic heterocycles. The number of halogens is 1. The van der Waals surface area contributed by atoms with Crippen molar-refractivity contribution in [3.63, 3.8) is 0 Å². The Kier molecular flexibility index (Phi) is 10.4. The van der Waals surface area contributed by atoms with Crippen molar-refractivity contribution in [3.05, 3.63) is 35.4 Å². The maximum atomic E-state index is 11.6. The molecule has 1 unspecified atom stereocenters.